The van der Waals surface area contributed by atoms with Gasteiger partial charge < -0.3 is 14.5 Å². The topological polar surface area (TPSA) is 48.4 Å². The van der Waals surface area contributed by atoms with Gasteiger partial charge in [-0.2, -0.15) is 0 Å². The number of cyclic esters (lactones) is 1. The van der Waals surface area contributed by atoms with E-state index in [1.165, 1.54) is 44.7 Å². The van der Waals surface area contributed by atoms with Crippen LogP contribution in [0.5, 0.6) is 0 Å². The van der Waals surface area contributed by atoms with Crippen LogP contribution in [0.3, 0.4) is 0 Å². The SMILES string of the molecule is C=NC1COC(=O)N1c1cccc(CCCCN2CCN(C)CC2)c1. The molecule has 0 aromatic heterocycles. The summed E-state index contributed by atoms with van der Waals surface area (Å²) in [5.41, 5.74) is 2.09. The zero-order valence-corrected chi connectivity index (χ0v) is 15.1. The number of unbranched alkanes of at least 4 members (excludes halogenated alkanes) is 1. The zero-order chi connectivity index (χ0) is 17.6. The van der Waals surface area contributed by atoms with Gasteiger partial charge in [0.25, 0.3) is 0 Å². The van der Waals surface area contributed by atoms with E-state index in [4.69, 9.17) is 4.74 Å². The van der Waals surface area contributed by atoms with E-state index in [9.17, 15) is 4.79 Å². The number of piperazine rings is 1. The number of amides is 1. The number of anilines is 1. The lowest BCUT2D eigenvalue weighted by Gasteiger charge is -2.32. The van der Waals surface area contributed by atoms with Crippen molar-refractivity contribution >= 4 is 18.5 Å². The highest BCUT2D eigenvalue weighted by molar-refractivity contribution is 5.90. The maximum Gasteiger partial charge on any atom is 0.416 e. The number of aryl methyl sites for hydroxylation is 1. The second-order valence-electron chi connectivity index (χ2n) is 6.88. The van der Waals surface area contributed by atoms with Crippen LogP contribution in [-0.4, -0.2) is 75.2 Å². The van der Waals surface area contributed by atoms with Gasteiger partial charge in [-0.1, -0.05) is 12.1 Å². The lowest BCUT2D eigenvalue weighted by Crippen LogP contribution is -2.44. The predicted molar refractivity (Wildman–Crippen MR) is 100 cm³/mol. The Balaban J connectivity index is 1.49. The number of hydrogen-bond acceptors (Lipinski definition) is 5. The summed E-state index contributed by atoms with van der Waals surface area (Å²) in [6.45, 7) is 9.71. The molecule has 0 saturated carbocycles. The summed E-state index contributed by atoms with van der Waals surface area (Å²) >= 11 is 0. The second-order valence-corrected chi connectivity index (χ2v) is 6.88. The molecule has 0 N–H and O–H groups in total. The van der Waals surface area contributed by atoms with Gasteiger partial charge in [0, 0.05) is 31.9 Å². The molecule has 2 aliphatic rings. The van der Waals surface area contributed by atoms with Crippen molar-refractivity contribution in [1.29, 1.82) is 0 Å². The average molecular weight is 344 g/mol. The van der Waals surface area contributed by atoms with Crippen molar-refractivity contribution in [3.05, 3.63) is 29.8 Å². The van der Waals surface area contributed by atoms with Gasteiger partial charge in [0.15, 0.2) is 6.17 Å². The van der Waals surface area contributed by atoms with Gasteiger partial charge in [0.05, 0.1) is 0 Å². The van der Waals surface area contributed by atoms with Gasteiger partial charge in [0.1, 0.15) is 6.61 Å². The number of rotatable bonds is 7. The van der Waals surface area contributed by atoms with Crippen LogP contribution < -0.4 is 4.90 Å². The molecule has 1 aromatic rings. The third-order valence-electron chi connectivity index (χ3n) is 5.04. The molecule has 6 heteroatoms. The van der Waals surface area contributed by atoms with Gasteiger partial charge in [-0.3, -0.25) is 9.89 Å². The number of ether oxygens (including phenoxy) is 1. The normalized spacial score (nSPS) is 22.2. The highest BCUT2D eigenvalue weighted by atomic mass is 16.6. The molecular formula is C19H28N4O2. The highest BCUT2D eigenvalue weighted by Crippen LogP contribution is 2.25. The van der Waals surface area contributed by atoms with E-state index < -0.39 is 0 Å². The maximum atomic E-state index is 11.9. The molecule has 0 radical (unpaired) electrons. The number of nitrogens with zero attached hydrogens (tertiary/aromatic N) is 4. The molecule has 0 spiro atoms. The molecule has 1 atom stereocenters. The fourth-order valence-corrected chi connectivity index (χ4v) is 3.42. The lowest BCUT2D eigenvalue weighted by atomic mass is 10.1. The van der Waals surface area contributed by atoms with E-state index in [0.717, 1.165) is 18.5 Å². The standard InChI is InChI=1S/C19H28N4O2/c1-20-18-15-25-19(24)23(18)17-8-5-7-16(14-17)6-3-4-9-22-12-10-21(2)11-13-22/h5,7-8,14,18H,1,3-4,6,9-13,15H2,2H3. The van der Waals surface area contributed by atoms with E-state index in [1.807, 2.05) is 12.1 Å². The molecule has 1 unspecified atom stereocenters. The van der Waals surface area contributed by atoms with E-state index in [1.54, 1.807) is 4.90 Å². The zero-order valence-electron chi connectivity index (χ0n) is 15.1. The molecule has 1 aromatic carbocycles. The molecule has 2 heterocycles. The Bertz CT molecular complexity index is 599. The Labute approximate surface area is 150 Å². The van der Waals surface area contributed by atoms with Crippen LogP contribution in [0.15, 0.2) is 29.3 Å². The summed E-state index contributed by atoms with van der Waals surface area (Å²) in [6, 6.07) is 8.12. The monoisotopic (exact) mass is 344 g/mol. The smallest absolute Gasteiger partial charge is 0.416 e. The number of hydrogen-bond donors (Lipinski definition) is 0. The van der Waals surface area contributed by atoms with Crippen molar-refractivity contribution in [2.24, 2.45) is 4.99 Å². The number of benzene rings is 1. The summed E-state index contributed by atoms with van der Waals surface area (Å²) in [6.07, 6.45) is 2.72. The molecule has 0 aliphatic carbocycles. The van der Waals surface area contributed by atoms with Gasteiger partial charge in [-0.25, -0.2) is 4.79 Å². The van der Waals surface area contributed by atoms with E-state index in [2.05, 4.69) is 40.7 Å². The molecular weight excluding hydrogens is 316 g/mol. The summed E-state index contributed by atoms with van der Waals surface area (Å²) < 4.78 is 5.08. The first-order valence-corrected chi connectivity index (χ1v) is 9.09. The van der Waals surface area contributed by atoms with Gasteiger partial charge in [-0.15, -0.1) is 0 Å². The summed E-state index contributed by atoms with van der Waals surface area (Å²) in [7, 11) is 2.19. The molecule has 1 amide bonds. The summed E-state index contributed by atoms with van der Waals surface area (Å²) in [5.74, 6) is 0. The fourth-order valence-electron chi connectivity index (χ4n) is 3.42. The minimum Gasteiger partial charge on any atom is -0.445 e. The van der Waals surface area contributed by atoms with Crippen molar-refractivity contribution in [3.63, 3.8) is 0 Å². The Morgan fingerprint density at radius 2 is 2.04 bits per heavy atom. The second kappa shape index (κ2) is 8.45. The van der Waals surface area contributed by atoms with Crippen LogP contribution >= 0.6 is 0 Å². The van der Waals surface area contributed by atoms with Crippen molar-refractivity contribution in [3.8, 4) is 0 Å². The quantitative estimate of drug-likeness (QED) is 0.562. The van der Waals surface area contributed by atoms with E-state index in [-0.39, 0.29) is 18.9 Å². The van der Waals surface area contributed by atoms with Gasteiger partial charge in [0.2, 0.25) is 0 Å². The van der Waals surface area contributed by atoms with Crippen molar-refractivity contribution in [1.82, 2.24) is 9.80 Å². The Hall–Kier alpha value is -1.92. The maximum absolute atomic E-state index is 11.9. The van der Waals surface area contributed by atoms with Crippen LogP contribution in [0.1, 0.15) is 18.4 Å². The highest BCUT2D eigenvalue weighted by Gasteiger charge is 2.33. The minimum atomic E-state index is -0.343. The molecule has 2 fully saturated rings. The predicted octanol–water partition coefficient (Wildman–Crippen LogP) is 2.24. The molecule has 2 aliphatic heterocycles. The van der Waals surface area contributed by atoms with Crippen LogP contribution in [0.25, 0.3) is 0 Å². The number of carbonyl (C=O) groups excluding carboxylic acids is 1. The molecule has 6 nitrogen and oxygen atoms in total. The lowest BCUT2D eigenvalue weighted by molar-refractivity contribution is 0.152. The number of aliphatic imine (C=N–C) groups is 1. The van der Waals surface area contributed by atoms with Crippen LogP contribution in [0.4, 0.5) is 10.5 Å². The van der Waals surface area contributed by atoms with Crippen LogP contribution in [-0.2, 0) is 11.2 Å². The first kappa shape index (κ1) is 17.9. The van der Waals surface area contributed by atoms with Crippen molar-refractivity contribution in [2.75, 3.05) is 51.3 Å². The minimum absolute atomic E-state index is 0.275. The first-order valence-electron chi connectivity index (χ1n) is 9.09. The molecule has 25 heavy (non-hydrogen) atoms. The van der Waals surface area contributed by atoms with Crippen LogP contribution in [0.2, 0.25) is 0 Å². The molecule has 2 saturated heterocycles. The summed E-state index contributed by atoms with van der Waals surface area (Å²) in [5, 5.41) is 0. The third-order valence-corrected chi connectivity index (χ3v) is 5.04. The van der Waals surface area contributed by atoms with E-state index >= 15 is 0 Å². The molecule has 136 valence electrons. The van der Waals surface area contributed by atoms with Gasteiger partial charge >= 0.3 is 6.09 Å². The number of likely N-dealkylation sites (N-methyl/N-ethyl adjacent to an activating group) is 1. The summed E-state index contributed by atoms with van der Waals surface area (Å²) in [4.78, 5) is 22.4. The Morgan fingerprint density at radius 1 is 1.24 bits per heavy atom. The van der Waals surface area contributed by atoms with E-state index in [0.29, 0.717) is 0 Å². The van der Waals surface area contributed by atoms with Crippen molar-refractivity contribution in [2.45, 2.75) is 25.4 Å². The van der Waals surface area contributed by atoms with Crippen LogP contribution in [0, 0.1) is 0 Å². The first-order chi connectivity index (χ1) is 12.2. The molecule has 3 rings (SSSR count). The largest absolute Gasteiger partial charge is 0.445 e. The molecule has 0 bridgehead atoms. The Morgan fingerprint density at radius 3 is 2.80 bits per heavy atom. The number of carbonyl (C=O) groups is 1. The third kappa shape index (κ3) is 4.58. The Kier molecular flexibility index (Phi) is 6.04. The van der Waals surface area contributed by atoms with Crippen molar-refractivity contribution < 1.29 is 9.53 Å². The fraction of sp³-hybridized carbons (Fsp3) is 0.579. The van der Waals surface area contributed by atoms with Gasteiger partial charge in [-0.05, 0) is 57.3 Å². The average Bonchev–Trinajstić information content (AvgIpc) is 3.01.